The van der Waals surface area contributed by atoms with Gasteiger partial charge in [0.2, 0.25) is 0 Å². The van der Waals surface area contributed by atoms with Crippen molar-refractivity contribution in [2.45, 2.75) is 27.2 Å². The number of rotatable bonds is 3. The number of allylic oxidation sites excluding steroid dienone is 2. The molecule has 0 spiro atoms. The van der Waals surface area contributed by atoms with E-state index < -0.39 is 0 Å². The number of fused-ring (bicyclic) bond motifs is 2. The van der Waals surface area contributed by atoms with E-state index in [1.54, 1.807) is 6.92 Å². The topological polar surface area (TPSA) is 61.2 Å². The first-order valence-electron chi connectivity index (χ1n) is 7.45. The third kappa shape index (κ3) is 2.20. The summed E-state index contributed by atoms with van der Waals surface area (Å²) in [6, 6.07) is 1.88. The number of nitrogens with zero attached hydrogens (tertiary/aromatic N) is 2. The molecule has 21 heavy (non-hydrogen) atoms. The zero-order valence-corrected chi connectivity index (χ0v) is 12.6. The van der Waals surface area contributed by atoms with Crippen molar-refractivity contribution in [1.82, 2.24) is 9.78 Å². The second kappa shape index (κ2) is 5.13. The summed E-state index contributed by atoms with van der Waals surface area (Å²) in [4.78, 5) is 25.1. The van der Waals surface area contributed by atoms with Crippen LogP contribution in [0.3, 0.4) is 0 Å². The molecule has 1 aromatic rings. The summed E-state index contributed by atoms with van der Waals surface area (Å²) in [6.07, 6.45) is 4.98. The molecule has 5 heteroatoms. The highest BCUT2D eigenvalue weighted by Crippen LogP contribution is 2.49. The molecule has 4 atom stereocenters. The Kier molecular flexibility index (Phi) is 3.43. The number of carbonyl (C=O) groups excluding carboxylic acids is 2. The third-order valence-electron chi connectivity index (χ3n) is 4.52. The molecule has 1 saturated carbocycles. The summed E-state index contributed by atoms with van der Waals surface area (Å²) in [6.45, 7) is 5.86. The average molecular weight is 288 g/mol. The molecule has 1 aromatic heterocycles. The van der Waals surface area contributed by atoms with Gasteiger partial charge in [-0.05, 0) is 45.1 Å². The van der Waals surface area contributed by atoms with Gasteiger partial charge in [-0.15, -0.1) is 0 Å². The Labute approximate surface area is 124 Å². The van der Waals surface area contributed by atoms with Gasteiger partial charge in [0.15, 0.2) is 0 Å². The highest BCUT2D eigenvalue weighted by molar-refractivity contribution is 5.89. The molecular weight excluding hydrogens is 268 g/mol. The number of hydrogen-bond donors (Lipinski definition) is 0. The van der Waals surface area contributed by atoms with Crippen LogP contribution in [0.15, 0.2) is 18.2 Å². The Morgan fingerprint density at radius 1 is 1.29 bits per heavy atom. The van der Waals surface area contributed by atoms with E-state index >= 15 is 0 Å². The lowest BCUT2D eigenvalue weighted by molar-refractivity contribution is -0.150. The van der Waals surface area contributed by atoms with Crippen LogP contribution in [0.1, 0.15) is 29.5 Å². The third-order valence-corrected chi connectivity index (χ3v) is 4.52. The van der Waals surface area contributed by atoms with Gasteiger partial charge in [0.05, 0.1) is 24.1 Å². The second-order valence-corrected chi connectivity index (χ2v) is 5.93. The van der Waals surface area contributed by atoms with Gasteiger partial charge in [0, 0.05) is 5.69 Å². The van der Waals surface area contributed by atoms with Crippen LogP contribution in [0.25, 0.3) is 0 Å². The van der Waals surface area contributed by atoms with Gasteiger partial charge in [-0.3, -0.25) is 9.59 Å². The van der Waals surface area contributed by atoms with E-state index in [1.807, 2.05) is 19.9 Å². The molecule has 0 saturated heterocycles. The first-order chi connectivity index (χ1) is 10.0. The Morgan fingerprint density at radius 3 is 2.52 bits per heavy atom. The number of esters is 1. The zero-order valence-electron chi connectivity index (χ0n) is 12.6. The van der Waals surface area contributed by atoms with E-state index in [1.165, 1.54) is 4.68 Å². The first kappa shape index (κ1) is 14.0. The number of ether oxygens (including phenoxy) is 1. The largest absolute Gasteiger partial charge is 0.466 e. The fraction of sp³-hybridized carbons (Fsp3) is 0.562. The lowest BCUT2D eigenvalue weighted by Gasteiger charge is -2.25. The minimum absolute atomic E-state index is 0.0875. The Bertz CT molecular complexity index is 617. The van der Waals surface area contributed by atoms with Crippen molar-refractivity contribution < 1.29 is 14.3 Å². The molecule has 3 rings (SSSR count). The van der Waals surface area contributed by atoms with Crippen molar-refractivity contribution in [3.05, 3.63) is 29.6 Å². The lowest BCUT2D eigenvalue weighted by atomic mass is 9.82. The molecular formula is C16H20N2O3. The summed E-state index contributed by atoms with van der Waals surface area (Å²) < 4.78 is 6.62. The molecule has 0 amide bonds. The van der Waals surface area contributed by atoms with Crippen molar-refractivity contribution in [2.24, 2.45) is 23.7 Å². The Hall–Kier alpha value is -1.91. The van der Waals surface area contributed by atoms with E-state index in [4.69, 9.17) is 4.74 Å². The molecule has 0 aliphatic heterocycles. The monoisotopic (exact) mass is 288 g/mol. The minimum atomic E-state index is -0.364. The summed E-state index contributed by atoms with van der Waals surface area (Å²) in [5, 5.41) is 4.27. The summed E-state index contributed by atoms with van der Waals surface area (Å²) in [5.41, 5.74) is 1.62. The zero-order chi connectivity index (χ0) is 15.1. The number of hydrogen-bond acceptors (Lipinski definition) is 4. The Balaban J connectivity index is 1.92. The maximum atomic E-state index is 12.8. The SMILES string of the molecule is CCOC(=O)[C@@H]1C2C=CC(C2)C1C(=O)n1nc(C)cc1C. The smallest absolute Gasteiger partial charge is 0.310 e. The molecule has 2 aliphatic carbocycles. The van der Waals surface area contributed by atoms with Crippen LogP contribution < -0.4 is 0 Å². The van der Waals surface area contributed by atoms with Gasteiger partial charge in [0.1, 0.15) is 0 Å². The number of aromatic nitrogens is 2. The molecule has 112 valence electrons. The van der Waals surface area contributed by atoms with Crippen LogP contribution in [0, 0.1) is 37.5 Å². The van der Waals surface area contributed by atoms with E-state index in [2.05, 4.69) is 17.3 Å². The maximum Gasteiger partial charge on any atom is 0.310 e. The number of aryl methyl sites for hydroxylation is 2. The van der Waals surface area contributed by atoms with Gasteiger partial charge in [-0.2, -0.15) is 5.10 Å². The predicted molar refractivity (Wildman–Crippen MR) is 76.7 cm³/mol. The van der Waals surface area contributed by atoms with Crippen LogP contribution in [0.2, 0.25) is 0 Å². The quantitative estimate of drug-likeness (QED) is 0.631. The first-order valence-corrected chi connectivity index (χ1v) is 7.45. The van der Waals surface area contributed by atoms with Gasteiger partial charge in [-0.1, -0.05) is 12.2 Å². The van der Waals surface area contributed by atoms with E-state index in [-0.39, 0.29) is 35.5 Å². The second-order valence-electron chi connectivity index (χ2n) is 5.93. The summed E-state index contributed by atoms with van der Waals surface area (Å²) in [7, 11) is 0. The van der Waals surface area contributed by atoms with Crippen LogP contribution >= 0.6 is 0 Å². The van der Waals surface area contributed by atoms with Crippen LogP contribution in [-0.4, -0.2) is 28.3 Å². The molecule has 1 heterocycles. The van der Waals surface area contributed by atoms with E-state index in [9.17, 15) is 9.59 Å². The van der Waals surface area contributed by atoms with Crippen molar-refractivity contribution >= 4 is 11.9 Å². The highest BCUT2D eigenvalue weighted by atomic mass is 16.5. The van der Waals surface area contributed by atoms with Crippen molar-refractivity contribution in [1.29, 1.82) is 0 Å². The normalized spacial score (nSPS) is 29.9. The lowest BCUT2D eigenvalue weighted by Crippen LogP contribution is -2.37. The molecule has 1 fully saturated rings. The van der Waals surface area contributed by atoms with Crippen molar-refractivity contribution in [2.75, 3.05) is 6.61 Å². The van der Waals surface area contributed by atoms with Gasteiger partial charge in [-0.25, -0.2) is 4.68 Å². The fourth-order valence-electron chi connectivity index (χ4n) is 3.71. The molecule has 0 radical (unpaired) electrons. The van der Waals surface area contributed by atoms with Crippen LogP contribution in [0.5, 0.6) is 0 Å². The van der Waals surface area contributed by atoms with Crippen LogP contribution in [0.4, 0.5) is 0 Å². The predicted octanol–water partition coefficient (Wildman–Crippen LogP) is 2.14. The van der Waals surface area contributed by atoms with Gasteiger partial charge in [0.25, 0.3) is 5.91 Å². The minimum Gasteiger partial charge on any atom is -0.466 e. The maximum absolute atomic E-state index is 12.8. The Morgan fingerprint density at radius 2 is 1.95 bits per heavy atom. The fourth-order valence-corrected chi connectivity index (χ4v) is 3.71. The molecule has 0 N–H and O–H groups in total. The summed E-state index contributed by atoms with van der Waals surface area (Å²) in [5.74, 6) is -0.807. The van der Waals surface area contributed by atoms with Gasteiger partial charge >= 0.3 is 5.97 Å². The standard InChI is InChI=1S/C16H20N2O3/c1-4-21-16(20)14-12-6-5-11(8-12)13(14)15(19)18-10(3)7-9(2)17-18/h5-7,11-14H,4,8H2,1-3H3/t11?,12?,13?,14-/m1/s1. The summed E-state index contributed by atoms with van der Waals surface area (Å²) >= 11 is 0. The molecule has 3 unspecified atom stereocenters. The molecule has 2 bridgehead atoms. The molecule has 2 aliphatic rings. The van der Waals surface area contributed by atoms with E-state index in [0.717, 1.165) is 17.8 Å². The van der Waals surface area contributed by atoms with Crippen LogP contribution in [-0.2, 0) is 9.53 Å². The average Bonchev–Trinajstić information content (AvgIpc) is 3.11. The van der Waals surface area contributed by atoms with Crippen molar-refractivity contribution in [3.63, 3.8) is 0 Å². The van der Waals surface area contributed by atoms with Gasteiger partial charge < -0.3 is 4.74 Å². The molecule has 5 nitrogen and oxygen atoms in total. The number of carbonyl (C=O) groups is 2. The highest BCUT2D eigenvalue weighted by Gasteiger charge is 2.52. The van der Waals surface area contributed by atoms with E-state index in [0.29, 0.717) is 6.61 Å². The molecule has 0 aromatic carbocycles. The van der Waals surface area contributed by atoms with Crippen molar-refractivity contribution in [3.8, 4) is 0 Å².